The van der Waals surface area contributed by atoms with Crippen molar-refractivity contribution in [3.05, 3.63) is 126 Å². The van der Waals surface area contributed by atoms with Gasteiger partial charge in [-0.05, 0) is 101 Å². The molecule has 0 amide bonds. The van der Waals surface area contributed by atoms with Crippen LogP contribution in [0, 0.1) is 29.1 Å². The summed E-state index contributed by atoms with van der Waals surface area (Å²) in [7, 11) is 0. The molecule has 0 N–H and O–H groups in total. The molecule has 5 aromatic carbocycles. The van der Waals surface area contributed by atoms with E-state index in [-0.39, 0.29) is 0 Å². The van der Waals surface area contributed by atoms with Gasteiger partial charge in [0.2, 0.25) is 0 Å². The van der Waals surface area contributed by atoms with Crippen LogP contribution in [0.15, 0.2) is 115 Å². The van der Waals surface area contributed by atoms with Crippen molar-refractivity contribution in [1.29, 1.82) is 5.26 Å². The van der Waals surface area contributed by atoms with Gasteiger partial charge < -0.3 is 0 Å². The van der Waals surface area contributed by atoms with Crippen LogP contribution >= 0.6 is 0 Å². The second-order valence-electron chi connectivity index (χ2n) is 14.1. The van der Waals surface area contributed by atoms with E-state index in [4.69, 9.17) is 15.0 Å². The minimum Gasteiger partial charge on any atom is -0.208 e. The van der Waals surface area contributed by atoms with Gasteiger partial charge in [0.15, 0.2) is 17.5 Å². The number of hydrogen-bond donors (Lipinski definition) is 0. The zero-order valence-electron chi connectivity index (χ0n) is 27.0. The number of benzene rings is 5. The van der Waals surface area contributed by atoms with Crippen LogP contribution < -0.4 is 0 Å². The van der Waals surface area contributed by atoms with Gasteiger partial charge in [-0.3, -0.25) is 0 Å². The number of rotatable bonds is 5. The summed E-state index contributed by atoms with van der Waals surface area (Å²) in [6.07, 6.45) is 6.75. The Balaban J connectivity index is 1.22. The molecule has 0 aliphatic heterocycles. The summed E-state index contributed by atoms with van der Waals surface area (Å²) >= 11 is 0. The molecule has 6 aromatic rings. The molecule has 2 bridgehead atoms. The molecule has 230 valence electrons. The zero-order valence-corrected chi connectivity index (χ0v) is 27.0. The Morgan fingerprint density at radius 1 is 0.574 bits per heavy atom. The Bertz CT molecular complexity index is 2110. The van der Waals surface area contributed by atoms with Crippen molar-refractivity contribution in [1.82, 2.24) is 15.0 Å². The predicted octanol–water partition coefficient (Wildman–Crippen LogP) is 10.7. The summed E-state index contributed by atoms with van der Waals surface area (Å²) in [5.41, 5.74) is 7.52. The molecule has 1 unspecified atom stereocenters. The van der Waals surface area contributed by atoms with E-state index < -0.39 is 0 Å². The molecule has 0 spiro atoms. The van der Waals surface area contributed by atoms with E-state index in [0.29, 0.717) is 28.5 Å². The highest BCUT2D eigenvalue weighted by Gasteiger charge is 2.45. The summed E-state index contributed by atoms with van der Waals surface area (Å²) < 4.78 is 0. The number of aromatic nitrogens is 3. The fourth-order valence-corrected chi connectivity index (χ4v) is 8.88. The Hall–Kier alpha value is -5.14. The monoisotopic (exact) mass is 610 g/mol. The molecule has 1 heterocycles. The number of fused-ring (bicyclic) bond motifs is 3. The second kappa shape index (κ2) is 11.9. The van der Waals surface area contributed by atoms with Crippen LogP contribution in [0.4, 0.5) is 0 Å². The molecule has 2 saturated carbocycles. The van der Waals surface area contributed by atoms with Gasteiger partial charge in [0.25, 0.3) is 0 Å². The first-order valence-corrected chi connectivity index (χ1v) is 16.9. The Morgan fingerprint density at radius 2 is 1.17 bits per heavy atom. The fourth-order valence-electron chi connectivity index (χ4n) is 8.88. The van der Waals surface area contributed by atoms with Crippen LogP contribution in [0.5, 0.6) is 0 Å². The topological polar surface area (TPSA) is 62.5 Å². The highest BCUT2D eigenvalue weighted by molar-refractivity contribution is 6.04. The lowest BCUT2D eigenvalue weighted by Gasteiger charge is -2.50. The predicted molar refractivity (Wildman–Crippen MR) is 190 cm³/mol. The van der Waals surface area contributed by atoms with E-state index >= 15 is 0 Å². The molecule has 4 nitrogen and oxygen atoms in total. The normalized spacial score (nSPS) is 22.1. The zero-order chi connectivity index (χ0) is 32.0. The van der Waals surface area contributed by atoms with Gasteiger partial charge in [-0.1, -0.05) is 111 Å². The average molecular weight is 611 g/mol. The van der Waals surface area contributed by atoms with Gasteiger partial charge in [-0.25, -0.2) is 15.0 Å². The first-order valence-electron chi connectivity index (χ1n) is 16.9. The van der Waals surface area contributed by atoms with E-state index in [1.807, 2.05) is 48.5 Å². The SMILES string of the molecule is C[C@@H]1C[C@@H]2C[C@H](C)CC(c3ccc(-c4ccc(-c5nc(-c6ccccc6)nc(-c6cccc(C#N)c6)n5)c5ccccc45)cc3)(C1)C2. The van der Waals surface area contributed by atoms with E-state index in [2.05, 4.69) is 80.6 Å². The number of nitrogens with zero attached hydrogens (tertiary/aromatic N) is 4. The summed E-state index contributed by atoms with van der Waals surface area (Å²) in [5.74, 6) is 4.22. The summed E-state index contributed by atoms with van der Waals surface area (Å²) in [6, 6.07) is 42.1. The smallest absolute Gasteiger partial charge is 0.164 e. The second-order valence-corrected chi connectivity index (χ2v) is 14.1. The molecule has 0 saturated heterocycles. The van der Waals surface area contributed by atoms with Crippen molar-refractivity contribution in [2.24, 2.45) is 17.8 Å². The van der Waals surface area contributed by atoms with Gasteiger partial charge in [0, 0.05) is 16.7 Å². The van der Waals surface area contributed by atoms with E-state index in [1.165, 1.54) is 54.2 Å². The van der Waals surface area contributed by atoms with Crippen molar-refractivity contribution in [2.75, 3.05) is 0 Å². The maximum absolute atomic E-state index is 9.55. The standard InChI is InChI=1S/C43H38N4/c1-28-21-31-22-29(2)25-43(24-28,26-31)35-17-15-32(16-18-35)36-19-20-39(38-14-7-6-13-37(36)38)42-46-40(33-10-4-3-5-11-33)45-41(47-42)34-12-8-9-30(23-34)27-44/h3-20,23,28-29,31H,21-22,24-26H2,1-2H3/t28-,29+,31-,43?. The first-order chi connectivity index (χ1) is 23.0. The lowest BCUT2D eigenvalue weighted by Crippen LogP contribution is -2.42. The average Bonchev–Trinajstić information content (AvgIpc) is 3.11. The third-order valence-electron chi connectivity index (χ3n) is 10.5. The molecule has 4 atom stereocenters. The van der Waals surface area contributed by atoms with Crippen molar-refractivity contribution < 1.29 is 0 Å². The molecule has 47 heavy (non-hydrogen) atoms. The molecule has 8 rings (SSSR count). The summed E-state index contributed by atoms with van der Waals surface area (Å²) in [6.45, 7) is 4.92. The molecule has 2 aliphatic carbocycles. The van der Waals surface area contributed by atoms with Crippen LogP contribution in [-0.2, 0) is 5.41 Å². The van der Waals surface area contributed by atoms with Crippen LogP contribution in [-0.4, -0.2) is 15.0 Å². The number of nitriles is 1. The third-order valence-corrected chi connectivity index (χ3v) is 10.5. The van der Waals surface area contributed by atoms with Gasteiger partial charge in [0.05, 0.1) is 11.6 Å². The van der Waals surface area contributed by atoms with Gasteiger partial charge in [-0.2, -0.15) is 5.26 Å². The molecule has 0 radical (unpaired) electrons. The highest BCUT2D eigenvalue weighted by atomic mass is 15.0. The molecule has 4 heteroatoms. The van der Waals surface area contributed by atoms with Crippen LogP contribution in [0.3, 0.4) is 0 Å². The van der Waals surface area contributed by atoms with Crippen molar-refractivity contribution >= 4 is 10.8 Å². The van der Waals surface area contributed by atoms with E-state index in [0.717, 1.165) is 39.8 Å². The van der Waals surface area contributed by atoms with Crippen molar-refractivity contribution in [3.8, 4) is 51.4 Å². The molecular formula is C43H38N4. The van der Waals surface area contributed by atoms with Crippen molar-refractivity contribution in [2.45, 2.75) is 51.4 Å². The first kappa shape index (κ1) is 29.3. The Morgan fingerprint density at radius 3 is 1.87 bits per heavy atom. The maximum atomic E-state index is 9.55. The van der Waals surface area contributed by atoms with Crippen LogP contribution in [0.1, 0.15) is 57.1 Å². The molecular weight excluding hydrogens is 573 g/mol. The molecule has 2 fully saturated rings. The van der Waals surface area contributed by atoms with Crippen LogP contribution in [0.25, 0.3) is 56.1 Å². The minimum absolute atomic E-state index is 0.323. The molecule has 2 aliphatic rings. The van der Waals surface area contributed by atoms with Gasteiger partial charge in [-0.15, -0.1) is 0 Å². The number of hydrogen-bond acceptors (Lipinski definition) is 4. The summed E-state index contributed by atoms with van der Waals surface area (Å²) in [5, 5.41) is 11.8. The minimum atomic E-state index is 0.323. The lowest BCUT2D eigenvalue weighted by atomic mass is 9.54. The van der Waals surface area contributed by atoms with E-state index in [1.54, 1.807) is 6.07 Å². The van der Waals surface area contributed by atoms with E-state index in [9.17, 15) is 5.26 Å². The van der Waals surface area contributed by atoms with Gasteiger partial charge >= 0.3 is 0 Å². The summed E-state index contributed by atoms with van der Waals surface area (Å²) in [4.78, 5) is 14.9. The lowest BCUT2D eigenvalue weighted by molar-refractivity contribution is 0.0780. The van der Waals surface area contributed by atoms with Gasteiger partial charge in [0.1, 0.15) is 0 Å². The van der Waals surface area contributed by atoms with Crippen molar-refractivity contribution in [3.63, 3.8) is 0 Å². The Labute approximate surface area is 277 Å². The maximum Gasteiger partial charge on any atom is 0.164 e. The largest absolute Gasteiger partial charge is 0.208 e. The third kappa shape index (κ3) is 5.51. The van der Waals surface area contributed by atoms with Crippen LogP contribution in [0.2, 0.25) is 0 Å². The fraction of sp³-hybridized carbons (Fsp3) is 0.256. The molecule has 1 aromatic heterocycles. The Kier molecular flexibility index (Phi) is 7.41. The quantitative estimate of drug-likeness (QED) is 0.195. The highest BCUT2D eigenvalue weighted by Crippen LogP contribution is 2.54.